The van der Waals surface area contributed by atoms with Gasteiger partial charge in [0.15, 0.2) is 0 Å². The third-order valence-corrected chi connectivity index (χ3v) is 3.84. The molecule has 0 aliphatic rings. The summed E-state index contributed by atoms with van der Waals surface area (Å²) in [6.07, 6.45) is 0.385. The van der Waals surface area contributed by atoms with Gasteiger partial charge in [0.1, 0.15) is 5.82 Å². The van der Waals surface area contributed by atoms with E-state index >= 15 is 0 Å². The third kappa shape index (κ3) is 5.14. The summed E-state index contributed by atoms with van der Waals surface area (Å²) in [7, 11) is -2.30. The Bertz CT molecular complexity index is 562. The van der Waals surface area contributed by atoms with Crippen LogP contribution in [0.15, 0.2) is 24.3 Å². The smallest absolute Gasteiger partial charge is 0.406 e. The van der Waals surface area contributed by atoms with Crippen molar-refractivity contribution in [2.75, 3.05) is 26.5 Å². The van der Waals surface area contributed by atoms with Gasteiger partial charge in [-0.3, -0.25) is 0 Å². The fourth-order valence-corrected chi connectivity index (χ4v) is 2.33. The Morgan fingerprint density at radius 2 is 2.05 bits per heavy atom. The van der Waals surface area contributed by atoms with Crippen LogP contribution >= 0.6 is 0 Å². The van der Waals surface area contributed by atoms with Crippen molar-refractivity contribution in [3.63, 3.8) is 0 Å². The van der Waals surface area contributed by atoms with Crippen LogP contribution in [0.25, 0.3) is 0 Å². The monoisotopic (exact) mass is 304 g/mol. The molecule has 0 spiro atoms. The third-order valence-electron chi connectivity index (χ3n) is 2.59. The summed E-state index contributed by atoms with van der Waals surface area (Å²) in [5, 5.41) is 2.37. The SMILES string of the molecule is COC(=O)NCCN(Cc1ccccc1F)S(C)(=O)=O. The largest absolute Gasteiger partial charge is 0.453 e. The molecule has 1 rings (SSSR count). The predicted octanol–water partition coefficient (Wildman–Crippen LogP) is 0.943. The van der Waals surface area contributed by atoms with Crippen molar-refractivity contribution in [3.8, 4) is 0 Å². The van der Waals surface area contributed by atoms with Crippen molar-refractivity contribution in [3.05, 3.63) is 35.6 Å². The maximum absolute atomic E-state index is 13.5. The fourth-order valence-electron chi connectivity index (χ4n) is 1.53. The van der Waals surface area contributed by atoms with Crippen LogP contribution < -0.4 is 5.32 Å². The summed E-state index contributed by atoms with van der Waals surface area (Å²) < 4.78 is 42.3. The maximum atomic E-state index is 13.5. The molecule has 1 N–H and O–H groups in total. The van der Waals surface area contributed by atoms with Crippen LogP contribution in [-0.2, 0) is 21.3 Å². The average Bonchev–Trinajstić information content (AvgIpc) is 2.38. The number of nitrogens with zero attached hydrogens (tertiary/aromatic N) is 1. The number of hydrogen-bond donors (Lipinski definition) is 1. The zero-order valence-corrected chi connectivity index (χ0v) is 12.1. The topological polar surface area (TPSA) is 75.7 Å². The molecule has 0 saturated carbocycles. The number of amides is 1. The minimum Gasteiger partial charge on any atom is -0.453 e. The second kappa shape index (κ2) is 7.20. The fraction of sp³-hybridized carbons (Fsp3) is 0.417. The molecule has 20 heavy (non-hydrogen) atoms. The van der Waals surface area contributed by atoms with E-state index in [4.69, 9.17) is 0 Å². The van der Waals surface area contributed by atoms with E-state index in [9.17, 15) is 17.6 Å². The van der Waals surface area contributed by atoms with Crippen molar-refractivity contribution in [2.45, 2.75) is 6.54 Å². The van der Waals surface area contributed by atoms with Crippen LogP contribution in [0.1, 0.15) is 5.56 Å². The molecular weight excluding hydrogens is 287 g/mol. The molecule has 0 radical (unpaired) electrons. The number of carbonyl (C=O) groups excluding carboxylic acids is 1. The molecule has 0 saturated heterocycles. The zero-order chi connectivity index (χ0) is 15.2. The number of alkyl carbamates (subject to hydrolysis) is 1. The van der Waals surface area contributed by atoms with Gasteiger partial charge in [0, 0.05) is 25.2 Å². The summed E-state index contributed by atoms with van der Waals surface area (Å²) in [6, 6.07) is 5.94. The molecule has 0 bridgehead atoms. The number of ether oxygens (including phenoxy) is 1. The van der Waals surface area contributed by atoms with Crippen LogP contribution in [0.3, 0.4) is 0 Å². The van der Waals surface area contributed by atoms with Gasteiger partial charge >= 0.3 is 6.09 Å². The maximum Gasteiger partial charge on any atom is 0.406 e. The quantitative estimate of drug-likeness (QED) is 0.849. The molecule has 0 aliphatic carbocycles. The molecular formula is C12H17FN2O4S. The van der Waals surface area contributed by atoms with Gasteiger partial charge in [-0.25, -0.2) is 17.6 Å². The van der Waals surface area contributed by atoms with Crippen molar-refractivity contribution in [1.82, 2.24) is 9.62 Å². The number of nitrogens with one attached hydrogen (secondary N) is 1. The summed E-state index contributed by atoms with van der Waals surface area (Å²) in [5.41, 5.74) is 0.274. The van der Waals surface area contributed by atoms with Gasteiger partial charge in [0.25, 0.3) is 0 Å². The number of carbonyl (C=O) groups is 1. The number of benzene rings is 1. The first-order valence-corrected chi connectivity index (χ1v) is 7.69. The van der Waals surface area contributed by atoms with E-state index in [1.54, 1.807) is 6.07 Å². The molecule has 0 atom stereocenters. The lowest BCUT2D eigenvalue weighted by Crippen LogP contribution is -2.37. The molecule has 0 fully saturated rings. The summed E-state index contributed by atoms with van der Waals surface area (Å²) in [6.45, 7) is 0.0187. The second-order valence-corrected chi connectivity index (χ2v) is 6.09. The lowest BCUT2D eigenvalue weighted by atomic mass is 10.2. The lowest BCUT2D eigenvalue weighted by molar-refractivity contribution is 0.170. The molecule has 1 aromatic rings. The van der Waals surface area contributed by atoms with E-state index in [1.807, 2.05) is 0 Å². The van der Waals surface area contributed by atoms with Gasteiger partial charge in [0.05, 0.1) is 13.4 Å². The van der Waals surface area contributed by atoms with E-state index in [1.165, 1.54) is 25.3 Å². The number of halogens is 1. The van der Waals surface area contributed by atoms with Gasteiger partial charge in [0.2, 0.25) is 10.0 Å². The van der Waals surface area contributed by atoms with Gasteiger partial charge in [-0.1, -0.05) is 18.2 Å². The highest BCUT2D eigenvalue weighted by Crippen LogP contribution is 2.11. The van der Waals surface area contributed by atoms with Gasteiger partial charge in [-0.15, -0.1) is 0 Å². The highest BCUT2D eigenvalue weighted by Gasteiger charge is 2.18. The highest BCUT2D eigenvalue weighted by molar-refractivity contribution is 7.88. The van der Waals surface area contributed by atoms with Crippen LogP contribution in [0.2, 0.25) is 0 Å². The number of methoxy groups -OCH3 is 1. The van der Waals surface area contributed by atoms with Crippen molar-refractivity contribution in [1.29, 1.82) is 0 Å². The molecule has 0 aliphatic heterocycles. The summed E-state index contributed by atoms with van der Waals surface area (Å²) in [5.74, 6) is -0.470. The van der Waals surface area contributed by atoms with E-state index in [0.29, 0.717) is 0 Å². The Hall–Kier alpha value is -1.67. The van der Waals surface area contributed by atoms with Crippen LogP contribution in [-0.4, -0.2) is 45.3 Å². The Balaban J connectivity index is 2.72. The van der Waals surface area contributed by atoms with Crippen molar-refractivity contribution >= 4 is 16.1 Å². The molecule has 0 unspecified atom stereocenters. The van der Waals surface area contributed by atoms with E-state index in [-0.39, 0.29) is 25.2 Å². The van der Waals surface area contributed by atoms with Gasteiger partial charge < -0.3 is 10.1 Å². The molecule has 8 heteroatoms. The summed E-state index contributed by atoms with van der Waals surface area (Å²) in [4.78, 5) is 10.9. The number of sulfonamides is 1. The minimum absolute atomic E-state index is 0.0300. The second-order valence-electron chi connectivity index (χ2n) is 4.11. The Morgan fingerprint density at radius 3 is 2.60 bits per heavy atom. The molecule has 6 nitrogen and oxygen atoms in total. The Labute approximate surface area is 117 Å². The van der Waals surface area contributed by atoms with Crippen LogP contribution in [0.4, 0.5) is 9.18 Å². The van der Waals surface area contributed by atoms with E-state index < -0.39 is 21.9 Å². The highest BCUT2D eigenvalue weighted by atomic mass is 32.2. The molecule has 1 aromatic carbocycles. The normalized spacial score (nSPS) is 11.4. The first-order chi connectivity index (χ1) is 9.34. The number of rotatable bonds is 6. The van der Waals surface area contributed by atoms with Gasteiger partial charge in [-0.05, 0) is 6.07 Å². The predicted molar refractivity (Wildman–Crippen MR) is 72.1 cm³/mol. The molecule has 0 heterocycles. The minimum atomic E-state index is -3.51. The average molecular weight is 304 g/mol. The molecule has 0 aromatic heterocycles. The first-order valence-electron chi connectivity index (χ1n) is 5.85. The molecule has 112 valence electrons. The van der Waals surface area contributed by atoms with Crippen molar-refractivity contribution in [2.24, 2.45) is 0 Å². The number of hydrogen-bond acceptors (Lipinski definition) is 4. The Kier molecular flexibility index (Phi) is 5.90. The van der Waals surface area contributed by atoms with E-state index in [2.05, 4.69) is 10.1 Å². The van der Waals surface area contributed by atoms with E-state index in [0.717, 1.165) is 10.6 Å². The first kappa shape index (κ1) is 16.4. The lowest BCUT2D eigenvalue weighted by Gasteiger charge is -2.20. The van der Waals surface area contributed by atoms with Crippen molar-refractivity contribution < 1.29 is 22.3 Å². The molecule has 1 amide bonds. The standard InChI is InChI=1S/C12H17FN2O4S/c1-19-12(16)14-7-8-15(20(2,17)18)9-10-5-3-4-6-11(10)13/h3-6H,7-9H2,1-2H3,(H,14,16). The van der Waals surface area contributed by atoms with Gasteiger partial charge in [-0.2, -0.15) is 4.31 Å². The Morgan fingerprint density at radius 1 is 1.40 bits per heavy atom. The van der Waals surface area contributed by atoms with Crippen LogP contribution in [0, 0.1) is 5.82 Å². The van der Waals surface area contributed by atoms with Crippen LogP contribution in [0.5, 0.6) is 0 Å². The summed E-state index contributed by atoms with van der Waals surface area (Å²) >= 11 is 0. The zero-order valence-electron chi connectivity index (χ0n) is 11.3.